The van der Waals surface area contributed by atoms with E-state index in [1.807, 2.05) is 0 Å². The van der Waals surface area contributed by atoms with E-state index in [1.54, 1.807) is 11.1 Å². The zero-order chi connectivity index (χ0) is 23.2. The number of nitrogens with two attached hydrogens (primary N) is 2. The normalized spacial score (nSPS) is 13.8. The second-order valence-corrected chi connectivity index (χ2v) is 7.21. The first-order chi connectivity index (χ1) is 15.6. The zero-order valence-corrected chi connectivity index (χ0v) is 18.2. The molecule has 1 fully saturated rings. The molecule has 0 saturated carbocycles. The van der Waals surface area contributed by atoms with Crippen LogP contribution in [0.15, 0.2) is 6.20 Å². The van der Waals surface area contributed by atoms with Crippen LogP contribution in [0.3, 0.4) is 0 Å². The first kappa shape index (κ1) is 25.9. The van der Waals surface area contributed by atoms with E-state index in [0.29, 0.717) is 64.7 Å². The molecule has 2 rings (SSSR count). The monoisotopic (exact) mass is 458 g/mol. The second kappa shape index (κ2) is 14.7. The number of aromatic nitrogens is 3. The molecule has 3 amide bonds. The highest BCUT2D eigenvalue weighted by atomic mass is 16.6. The summed E-state index contributed by atoms with van der Waals surface area (Å²) in [6.07, 6.45) is 2.26. The Morgan fingerprint density at radius 2 is 2.03 bits per heavy atom. The smallest absolute Gasteiger partial charge is 0.317 e. The van der Waals surface area contributed by atoms with Gasteiger partial charge in [-0.25, -0.2) is 15.4 Å². The largest absolute Gasteiger partial charge is 0.395 e. The van der Waals surface area contributed by atoms with Crippen LogP contribution >= 0.6 is 0 Å². The third kappa shape index (κ3) is 9.02. The predicted molar refractivity (Wildman–Crippen MR) is 112 cm³/mol. The molecule has 0 spiro atoms. The molecular weight excluding hydrogens is 424 g/mol. The third-order valence-electron chi connectivity index (χ3n) is 4.70. The van der Waals surface area contributed by atoms with E-state index < -0.39 is 0 Å². The summed E-state index contributed by atoms with van der Waals surface area (Å²) in [4.78, 5) is 31.7. The molecule has 0 radical (unpaired) electrons. The van der Waals surface area contributed by atoms with Crippen molar-refractivity contribution in [3.63, 3.8) is 0 Å². The van der Waals surface area contributed by atoms with E-state index in [4.69, 9.17) is 26.2 Å². The van der Waals surface area contributed by atoms with Gasteiger partial charge in [0.25, 0.3) is 0 Å². The average Bonchev–Trinajstić information content (AvgIpc) is 3.18. The summed E-state index contributed by atoms with van der Waals surface area (Å²) < 4.78 is 12.4. The van der Waals surface area contributed by atoms with Crippen LogP contribution in [-0.2, 0) is 32.3 Å². The van der Waals surface area contributed by atoms with Gasteiger partial charge in [0.15, 0.2) is 0 Å². The summed E-state index contributed by atoms with van der Waals surface area (Å²) in [6.45, 7) is 3.92. The second-order valence-electron chi connectivity index (χ2n) is 7.21. The SMILES string of the molecule is NCCN(CCO)C(=O)Cn1cc(COCCOCCCNC(=O)N2CC(ON)C2)nn1. The summed E-state index contributed by atoms with van der Waals surface area (Å²) in [5.41, 5.74) is 6.08. The maximum Gasteiger partial charge on any atom is 0.317 e. The Bertz CT molecular complexity index is 678. The summed E-state index contributed by atoms with van der Waals surface area (Å²) >= 11 is 0. The molecule has 14 heteroatoms. The van der Waals surface area contributed by atoms with Gasteiger partial charge in [0.2, 0.25) is 5.91 Å². The molecule has 0 aromatic carbocycles. The van der Waals surface area contributed by atoms with Gasteiger partial charge in [-0.05, 0) is 6.42 Å². The maximum atomic E-state index is 12.2. The van der Waals surface area contributed by atoms with Crippen LogP contribution in [0, 0.1) is 0 Å². The van der Waals surface area contributed by atoms with Crippen LogP contribution in [-0.4, -0.2) is 114 Å². The molecule has 32 heavy (non-hydrogen) atoms. The summed E-state index contributed by atoms with van der Waals surface area (Å²) in [5, 5.41) is 19.7. The van der Waals surface area contributed by atoms with E-state index in [2.05, 4.69) is 20.5 Å². The molecule has 14 nitrogen and oxygen atoms in total. The molecule has 1 aliphatic rings. The Hall–Kier alpha value is -2.36. The van der Waals surface area contributed by atoms with Gasteiger partial charge in [0.05, 0.1) is 45.7 Å². The lowest BCUT2D eigenvalue weighted by Gasteiger charge is -2.37. The van der Waals surface area contributed by atoms with Crippen LogP contribution in [0.1, 0.15) is 12.1 Å². The predicted octanol–water partition coefficient (Wildman–Crippen LogP) is -2.73. The lowest BCUT2D eigenvalue weighted by molar-refractivity contribution is -0.132. The fourth-order valence-electron chi connectivity index (χ4n) is 2.93. The molecule has 1 aromatic heterocycles. The molecule has 0 aliphatic carbocycles. The van der Waals surface area contributed by atoms with E-state index in [9.17, 15) is 9.59 Å². The number of urea groups is 1. The van der Waals surface area contributed by atoms with Gasteiger partial charge in [0, 0.05) is 32.8 Å². The number of hydrogen-bond donors (Lipinski definition) is 4. The van der Waals surface area contributed by atoms with Crippen molar-refractivity contribution in [1.82, 2.24) is 30.1 Å². The van der Waals surface area contributed by atoms with Gasteiger partial charge >= 0.3 is 6.03 Å². The molecule has 1 saturated heterocycles. The van der Waals surface area contributed by atoms with Gasteiger partial charge in [-0.3, -0.25) is 9.63 Å². The summed E-state index contributed by atoms with van der Waals surface area (Å²) in [7, 11) is 0. The number of aliphatic hydroxyl groups excluding tert-OH is 1. The van der Waals surface area contributed by atoms with Crippen LogP contribution < -0.4 is 16.9 Å². The van der Waals surface area contributed by atoms with Crippen molar-refractivity contribution in [1.29, 1.82) is 0 Å². The molecule has 0 bridgehead atoms. The summed E-state index contributed by atoms with van der Waals surface area (Å²) in [6, 6.07) is -0.128. The van der Waals surface area contributed by atoms with E-state index in [0.717, 1.165) is 0 Å². The Kier molecular flexibility index (Phi) is 11.9. The fourth-order valence-corrected chi connectivity index (χ4v) is 2.93. The Morgan fingerprint density at radius 3 is 2.75 bits per heavy atom. The van der Waals surface area contributed by atoms with Crippen molar-refractivity contribution in [2.45, 2.75) is 25.7 Å². The number of amides is 3. The minimum absolute atomic E-state index is 0.0196. The summed E-state index contributed by atoms with van der Waals surface area (Å²) in [5.74, 6) is 4.86. The van der Waals surface area contributed by atoms with Crippen LogP contribution in [0.5, 0.6) is 0 Å². The van der Waals surface area contributed by atoms with Crippen molar-refractivity contribution in [2.24, 2.45) is 11.6 Å². The minimum Gasteiger partial charge on any atom is -0.395 e. The minimum atomic E-state index is -0.190. The topological polar surface area (TPSA) is 183 Å². The van der Waals surface area contributed by atoms with Gasteiger partial charge in [-0.1, -0.05) is 5.21 Å². The van der Waals surface area contributed by atoms with Crippen LogP contribution in [0.4, 0.5) is 4.79 Å². The van der Waals surface area contributed by atoms with E-state index >= 15 is 0 Å². The molecule has 182 valence electrons. The molecule has 0 unspecified atom stereocenters. The quantitative estimate of drug-likeness (QED) is 0.150. The Morgan fingerprint density at radius 1 is 1.25 bits per heavy atom. The number of aliphatic hydroxyl groups is 1. The molecule has 2 heterocycles. The van der Waals surface area contributed by atoms with Crippen molar-refractivity contribution in [3.8, 4) is 0 Å². The van der Waals surface area contributed by atoms with Gasteiger partial charge in [-0.2, -0.15) is 0 Å². The van der Waals surface area contributed by atoms with Gasteiger partial charge in [0.1, 0.15) is 18.3 Å². The third-order valence-corrected chi connectivity index (χ3v) is 4.70. The van der Waals surface area contributed by atoms with Crippen LogP contribution in [0.2, 0.25) is 0 Å². The number of nitrogens with one attached hydrogen (secondary N) is 1. The number of carbonyl (C=O) groups excluding carboxylic acids is 2. The van der Waals surface area contributed by atoms with Crippen molar-refractivity contribution in [3.05, 3.63) is 11.9 Å². The highest BCUT2D eigenvalue weighted by Crippen LogP contribution is 2.09. The number of likely N-dealkylation sites (tertiary alicyclic amines) is 1. The fraction of sp³-hybridized carbons (Fsp3) is 0.778. The Labute approximate surface area is 186 Å². The van der Waals surface area contributed by atoms with Gasteiger partial charge < -0.3 is 35.4 Å². The number of carbonyl (C=O) groups is 2. The molecule has 6 N–H and O–H groups in total. The Balaban J connectivity index is 1.48. The molecule has 1 aromatic rings. The highest BCUT2D eigenvalue weighted by molar-refractivity contribution is 5.76. The number of ether oxygens (including phenoxy) is 2. The average molecular weight is 459 g/mol. The first-order valence-corrected chi connectivity index (χ1v) is 10.6. The highest BCUT2D eigenvalue weighted by Gasteiger charge is 2.30. The van der Waals surface area contributed by atoms with Gasteiger partial charge in [-0.15, -0.1) is 5.10 Å². The molecule has 0 atom stereocenters. The van der Waals surface area contributed by atoms with Crippen molar-refractivity contribution >= 4 is 11.9 Å². The maximum absolute atomic E-state index is 12.2. The molecular formula is C18H34N8O6. The van der Waals surface area contributed by atoms with E-state index in [1.165, 1.54) is 9.58 Å². The van der Waals surface area contributed by atoms with Crippen molar-refractivity contribution < 1.29 is 29.0 Å². The zero-order valence-electron chi connectivity index (χ0n) is 18.2. The van der Waals surface area contributed by atoms with E-state index in [-0.39, 0.29) is 44.3 Å². The van der Waals surface area contributed by atoms with Crippen LogP contribution in [0.25, 0.3) is 0 Å². The standard InChI is InChI=1S/C18H34N8O6/c19-2-4-24(5-6-27)17(28)13-26-10-15(22-23-26)14-31-9-8-30-7-1-3-21-18(29)25-11-16(12-25)32-20/h10,16,27H,1-9,11-14,19-20H2,(H,21,29). The number of nitrogens with zero attached hydrogens (tertiary/aromatic N) is 5. The lowest BCUT2D eigenvalue weighted by Crippen LogP contribution is -2.58. The number of rotatable bonds is 16. The molecule has 1 aliphatic heterocycles. The first-order valence-electron chi connectivity index (χ1n) is 10.6. The number of hydrogen-bond acceptors (Lipinski definition) is 10. The lowest BCUT2D eigenvalue weighted by atomic mass is 10.2. The van der Waals surface area contributed by atoms with Crippen molar-refractivity contribution in [2.75, 3.05) is 65.7 Å².